The largest absolute Gasteiger partial charge is 0.368 e. The molecule has 1 heterocycles. The Morgan fingerprint density at radius 3 is 2.07 bits per heavy atom. The second kappa shape index (κ2) is 8.05. The van der Waals surface area contributed by atoms with Crippen LogP contribution >= 0.6 is 0 Å². The van der Waals surface area contributed by atoms with E-state index in [4.69, 9.17) is 0 Å². The summed E-state index contributed by atoms with van der Waals surface area (Å²) in [7, 11) is 0. The molecule has 3 rings (SSSR count). The molecule has 0 aromatic heterocycles. The third-order valence-corrected chi connectivity index (χ3v) is 5.59. The molecule has 0 saturated carbocycles. The highest BCUT2D eigenvalue weighted by Gasteiger charge is 2.27. The number of nitrogens with one attached hydrogen (secondary N) is 1. The second-order valence-electron chi connectivity index (χ2n) is 7.73. The molecule has 2 aromatic rings. The minimum absolute atomic E-state index is 0.458. The van der Waals surface area contributed by atoms with Crippen LogP contribution in [0.15, 0.2) is 30.3 Å². The summed E-state index contributed by atoms with van der Waals surface area (Å²) in [6.45, 7) is 12.7. The Bertz CT molecular complexity index is 889. The van der Waals surface area contributed by atoms with Crippen molar-refractivity contribution in [1.29, 1.82) is 0 Å². The summed E-state index contributed by atoms with van der Waals surface area (Å²) >= 11 is 0. The third-order valence-electron chi connectivity index (χ3n) is 5.59. The molecule has 1 aliphatic heterocycles. The van der Waals surface area contributed by atoms with Crippen LogP contribution < -0.4 is 10.2 Å². The lowest BCUT2D eigenvalue weighted by atomic mass is 10.1. The Morgan fingerprint density at radius 2 is 1.46 bits per heavy atom. The fourth-order valence-corrected chi connectivity index (χ4v) is 3.92. The van der Waals surface area contributed by atoms with Gasteiger partial charge in [0, 0.05) is 37.6 Å². The second-order valence-corrected chi connectivity index (χ2v) is 7.73. The van der Waals surface area contributed by atoms with Crippen LogP contribution in [0.3, 0.4) is 0 Å². The van der Waals surface area contributed by atoms with Gasteiger partial charge in [0.15, 0.2) is 0 Å². The molecule has 0 unspecified atom stereocenters. The van der Waals surface area contributed by atoms with Crippen LogP contribution in [0.2, 0.25) is 0 Å². The van der Waals surface area contributed by atoms with Crippen molar-refractivity contribution in [2.45, 2.75) is 34.6 Å². The maximum atomic E-state index is 12.7. The van der Waals surface area contributed by atoms with Crippen molar-refractivity contribution in [2.24, 2.45) is 0 Å². The summed E-state index contributed by atoms with van der Waals surface area (Å²) in [6, 6.07) is 10.3. The van der Waals surface area contributed by atoms with Gasteiger partial charge in [-0.25, -0.2) is 0 Å². The topological polar surface area (TPSA) is 52.7 Å². The average molecular weight is 380 g/mol. The lowest BCUT2D eigenvalue weighted by Crippen LogP contribution is -2.51. The molecular weight excluding hydrogens is 350 g/mol. The SMILES string of the molecule is Cc1cc(C)c(NC(=O)C(=O)N2CCN(c3cccc(C)c3C)CC2)c(C)c1. The summed E-state index contributed by atoms with van der Waals surface area (Å²) in [5.41, 5.74) is 7.56. The number of benzene rings is 2. The Labute approximate surface area is 167 Å². The molecule has 0 aliphatic carbocycles. The molecule has 5 nitrogen and oxygen atoms in total. The predicted octanol–water partition coefficient (Wildman–Crippen LogP) is 3.52. The van der Waals surface area contributed by atoms with Crippen molar-refractivity contribution in [1.82, 2.24) is 4.90 Å². The number of carbonyl (C=O) groups is 2. The molecule has 1 N–H and O–H groups in total. The summed E-state index contributed by atoms with van der Waals surface area (Å²) in [6.07, 6.45) is 0. The van der Waals surface area contributed by atoms with Crippen molar-refractivity contribution < 1.29 is 9.59 Å². The number of amides is 2. The van der Waals surface area contributed by atoms with Crippen molar-refractivity contribution in [3.63, 3.8) is 0 Å². The fraction of sp³-hybridized carbons (Fsp3) is 0.391. The van der Waals surface area contributed by atoms with Crippen LogP contribution in [0.25, 0.3) is 0 Å². The number of nitrogens with zero attached hydrogens (tertiary/aromatic N) is 2. The van der Waals surface area contributed by atoms with Crippen molar-refractivity contribution in [3.05, 3.63) is 58.1 Å². The zero-order chi connectivity index (χ0) is 20.4. The standard InChI is InChI=1S/C23H29N3O2/c1-15-13-17(3)21(18(4)14-15)24-22(27)23(28)26-11-9-25(10-12-26)20-8-6-7-16(2)19(20)5/h6-8,13-14H,9-12H2,1-5H3,(H,24,27). The van der Waals surface area contributed by atoms with Gasteiger partial charge in [-0.3, -0.25) is 9.59 Å². The van der Waals surface area contributed by atoms with E-state index >= 15 is 0 Å². The number of piperazine rings is 1. The van der Waals surface area contributed by atoms with E-state index in [1.54, 1.807) is 4.90 Å². The smallest absolute Gasteiger partial charge is 0.313 e. The molecule has 28 heavy (non-hydrogen) atoms. The van der Waals surface area contributed by atoms with Crippen LogP contribution in [0.5, 0.6) is 0 Å². The molecule has 2 aromatic carbocycles. The quantitative estimate of drug-likeness (QED) is 0.813. The lowest BCUT2D eigenvalue weighted by Gasteiger charge is -2.36. The Hall–Kier alpha value is -2.82. The van der Waals surface area contributed by atoms with Gasteiger partial charge in [-0.2, -0.15) is 0 Å². The van der Waals surface area contributed by atoms with Gasteiger partial charge in [0.2, 0.25) is 0 Å². The molecule has 1 fully saturated rings. The normalized spacial score (nSPS) is 14.2. The zero-order valence-corrected chi connectivity index (χ0v) is 17.4. The minimum atomic E-state index is -0.560. The molecule has 0 bridgehead atoms. The first-order valence-corrected chi connectivity index (χ1v) is 9.77. The Kier molecular flexibility index (Phi) is 5.73. The van der Waals surface area contributed by atoms with Crippen LogP contribution in [-0.2, 0) is 9.59 Å². The zero-order valence-electron chi connectivity index (χ0n) is 17.4. The summed E-state index contributed by atoms with van der Waals surface area (Å²) in [5, 5.41) is 2.82. The molecule has 0 atom stereocenters. The van der Waals surface area contributed by atoms with Crippen LogP contribution in [0, 0.1) is 34.6 Å². The van der Waals surface area contributed by atoms with Gasteiger partial charge in [0.05, 0.1) is 0 Å². The first kappa shape index (κ1) is 19.9. The lowest BCUT2D eigenvalue weighted by molar-refractivity contribution is -0.143. The molecule has 0 spiro atoms. The third kappa shape index (κ3) is 4.03. The number of aryl methyl sites for hydroxylation is 4. The average Bonchev–Trinajstić information content (AvgIpc) is 2.66. The maximum absolute atomic E-state index is 12.7. The van der Waals surface area contributed by atoms with E-state index in [9.17, 15) is 9.59 Å². The highest BCUT2D eigenvalue weighted by atomic mass is 16.2. The van der Waals surface area contributed by atoms with Gasteiger partial charge >= 0.3 is 11.8 Å². The van der Waals surface area contributed by atoms with Gasteiger partial charge in [-0.1, -0.05) is 29.8 Å². The van der Waals surface area contributed by atoms with Gasteiger partial charge in [0.1, 0.15) is 0 Å². The van der Waals surface area contributed by atoms with Crippen molar-refractivity contribution in [3.8, 4) is 0 Å². The monoisotopic (exact) mass is 379 g/mol. The van der Waals surface area contributed by atoms with Gasteiger partial charge in [-0.05, 0) is 62.9 Å². The molecule has 5 heteroatoms. The minimum Gasteiger partial charge on any atom is -0.368 e. The Morgan fingerprint density at radius 1 is 0.857 bits per heavy atom. The fourth-order valence-electron chi connectivity index (χ4n) is 3.92. The van der Waals surface area contributed by atoms with E-state index in [0.29, 0.717) is 13.1 Å². The number of hydrogen-bond donors (Lipinski definition) is 1. The van der Waals surface area contributed by atoms with E-state index in [2.05, 4.69) is 42.3 Å². The van der Waals surface area contributed by atoms with E-state index in [1.165, 1.54) is 16.8 Å². The van der Waals surface area contributed by atoms with Gasteiger partial charge in [-0.15, -0.1) is 0 Å². The molecule has 148 valence electrons. The van der Waals surface area contributed by atoms with Crippen LogP contribution in [-0.4, -0.2) is 42.9 Å². The molecule has 0 radical (unpaired) electrons. The first-order chi connectivity index (χ1) is 13.3. The predicted molar refractivity (Wildman–Crippen MR) is 114 cm³/mol. The van der Waals surface area contributed by atoms with E-state index in [-0.39, 0.29) is 0 Å². The first-order valence-electron chi connectivity index (χ1n) is 9.77. The summed E-state index contributed by atoms with van der Waals surface area (Å²) in [4.78, 5) is 29.1. The Balaban J connectivity index is 1.64. The van der Waals surface area contributed by atoms with Gasteiger partial charge < -0.3 is 15.1 Å². The van der Waals surface area contributed by atoms with Crippen molar-refractivity contribution >= 4 is 23.2 Å². The number of rotatable bonds is 2. The van der Waals surface area contributed by atoms with E-state index in [0.717, 1.165) is 35.5 Å². The molecular formula is C23H29N3O2. The number of anilines is 2. The highest BCUT2D eigenvalue weighted by Crippen LogP contribution is 2.24. The molecule has 1 aliphatic rings. The maximum Gasteiger partial charge on any atom is 0.313 e. The summed E-state index contributed by atoms with van der Waals surface area (Å²) < 4.78 is 0. The van der Waals surface area contributed by atoms with Crippen LogP contribution in [0.4, 0.5) is 11.4 Å². The van der Waals surface area contributed by atoms with Crippen LogP contribution in [0.1, 0.15) is 27.8 Å². The van der Waals surface area contributed by atoms with Gasteiger partial charge in [0.25, 0.3) is 0 Å². The highest BCUT2D eigenvalue weighted by molar-refractivity contribution is 6.39. The van der Waals surface area contributed by atoms with Crippen molar-refractivity contribution in [2.75, 3.05) is 36.4 Å². The number of carbonyl (C=O) groups excluding carboxylic acids is 2. The van der Waals surface area contributed by atoms with E-state index in [1.807, 2.05) is 32.9 Å². The summed E-state index contributed by atoms with van der Waals surface area (Å²) in [5.74, 6) is -1.02. The molecule has 1 saturated heterocycles. The number of hydrogen-bond acceptors (Lipinski definition) is 3. The van der Waals surface area contributed by atoms with E-state index < -0.39 is 11.8 Å². The molecule has 2 amide bonds.